The van der Waals surface area contributed by atoms with Crippen LogP contribution in [0.1, 0.15) is 20.3 Å². The summed E-state index contributed by atoms with van der Waals surface area (Å²) in [5.74, 6) is 1.63. The highest BCUT2D eigenvalue weighted by molar-refractivity contribution is 14.0. The first kappa shape index (κ1) is 24.5. The lowest BCUT2D eigenvalue weighted by atomic mass is 10.2. The summed E-state index contributed by atoms with van der Waals surface area (Å²) < 4.78 is 18.4. The molecule has 0 bridgehead atoms. The van der Waals surface area contributed by atoms with Crippen molar-refractivity contribution >= 4 is 41.7 Å². The second-order valence-electron chi connectivity index (χ2n) is 6.55. The van der Waals surface area contributed by atoms with Crippen LogP contribution in [-0.2, 0) is 4.74 Å². The highest BCUT2D eigenvalue weighted by Gasteiger charge is 2.23. The first-order chi connectivity index (χ1) is 12.6. The molecule has 0 saturated carbocycles. The van der Waals surface area contributed by atoms with E-state index in [1.165, 1.54) is 12.1 Å². The van der Waals surface area contributed by atoms with Crippen LogP contribution in [0.5, 0.6) is 0 Å². The number of morpholine rings is 1. The molecule has 8 heteroatoms. The Morgan fingerprint density at radius 2 is 2.11 bits per heavy atom. The van der Waals surface area contributed by atoms with Gasteiger partial charge in [-0.25, -0.2) is 4.39 Å². The van der Waals surface area contributed by atoms with Crippen molar-refractivity contribution in [3.05, 3.63) is 30.1 Å². The van der Waals surface area contributed by atoms with Crippen LogP contribution in [0.3, 0.4) is 0 Å². The molecule has 0 aliphatic carbocycles. The lowest BCUT2D eigenvalue weighted by Gasteiger charge is -2.38. The predicted molar refractivity (Wildman–Crippen MR) is 123 cm³/mol. The second kappa shape index (κ2) is 13.6. The molecule has 0 aromatic heterocycles. The van der Waals surface area contributed by atoms with Gasteiger partial charge in [0.25, 0.3) is 0 Å². The van der Waals surface area contributed by atoms with Gasteiger partial charge < -0.3 is 15.4 Å². The number of nitrogens with one attached hydrogen (secondary N) is 2. The lowest BCUT2D eigenvalue weighted by molar-refractivity contribution is -0.0174. The molecule has 0 spiro atoms. The monoisotopic (exact) mass is 510 g/mol. The highest BCUT2D eigenvalue weighted by atomic mass is 127. The lowest BCUT2D eigenvalue weighted by Crippen LogP contribution is -2.53. The van der Waals surface area contributed by atoms with E-state index >= 15 is 0 Å². The molecule has 154 valence electrons. The molecule has 27 heavy (non-hydrogen) atoms. The molecule has 1 aliphatic rings. The van der Waals surface area contributed by atoms with Gasteiger partial charge in [0.15, 0.2) is 5.96 Å². The van der Waals surface area contributed by atoms with Gasteiger partial charge in [-0.3, -0.25) is 9.89 Å². The maximum absolute atomic E-state index is 12.9. The van der Waals surface area contributed by atoms with Crippen molar-refractivity contribution in [2.75, 3.05) is 45.6 Å². The minimum Gasteiger partial charge on any atom is -0.379 e. The van der Waals surface area contributed by atoms with Crippen LogP contribution >= 0.6 is 35.7 Å². The number of thioether (sulfide) groups is 1. The van der Waals surface area contributed by atoms with Gasteiger partial charge in [0, 0.05) is 43.7 Å². The molecule has 5 nitrogen and oxygen atoms in total. The van der Waals surface area contributed by atoms with Gasteiger partial charge in [-0.05, 0) is 50.3 Å². The first-order valence-corrected chi connectivity index (χ1v) is 10.2. The molecule has 1 aromatic carbocycles. The molecule has 1 aromatic rings. The van der Waals surface area contributed by atoms with E-state index in [0.717, 1.165) is 55.9 Å². The third kappa shape index (κ3) is 8.97. The Hall–Kier alpha value is -0.580. The van der Waals surface area contributed by atoms with Crippen LogP contribution in [-0.4, -0.2) is 68.6 Å². The van der Waals surface area contributed by atoms with Gasteiger partial charge in [-0.1, -0.05) is 0 Å². The van der Waals surface area contributed by atoms with Gasteiger partial charge in [0.1, 0.15) is 5.82 Å². The zero-order valence-corrected chi connectivity index (χ0v) is 19.6. The number of guanidine groups is 1. The summed E-state index contributed by atoms with van der Waals surface area (Å²) in [5.41, 5.74) is 0. The first-order valence-electron chi connectivity index (χ1n) is 9.26. The largest absolute Gasteiger partial charge is 0.379 e. The van der Waals surface area contributed by atoms with Gasteiger partial charge in [-0.2, -0.15) is 0 Å². The summed E-state index contributed by atoms with van der Waals surface area (Å²) in [6.07, 6.45) is 1.01. The van der Waals surface area contributed by atoms with E-state index in [0.29, 0.717) is 12.1 Å². The minimum absolute atomic E-state index is 0. The molecule has 2 unspecified atom stereocenters. The van der Waals surface area contributed by atoms with Crippen molar-refractivity contribution in [2.45, 2.75) is 37.2 Å². The molecule has 1 saturated heterocycles. The molecule has 2 N–H and O–H groups in total. The summed E-state index contributed by atoms with van der Waals surface area (Å²) in [5, 5.41) is 6.77. The average molecular weight is 510 g/mol. The third-order valence-electron chi connectivity index (χ3n) is 4.47. The third-order valence-corrected chi connectivity index (χ3v) is 5.57. The molecule has 0 radical (unpaired) electrons. The summed E-state index contributed by atoms with van der Waals surface area (Å²) in [7, 11) is 1.80. The summed E-state index contributed by atoms with van der Waals surface area (Å²) in [6.45, 7) is 8.76. The summed E-state index contributed by atoms with van der Waals surface area (Å²) >= 11 is 1.74. The van der Waals surface area contributed by atoms with Crippen molar-refractivity contribution in [1.29, 1.82) is 0 Å². The fourth-order valence-corrected chi connectivity index (χ4v) is 3.83. The van der Waals surface area contributed by atoms with Crippen LogP contribution in [0.4, 0.5) is 4.39 Å². The van der Waals surface area contributed by atoms with E-state index in [1.54, 1.807) is 18.8 Å². The maximum atomic E-state index is 12.9. The van der Waals surface area contributed by atoms with Crippen LogP contribution < -0.4 is 10.6 Å². The molecule has 1 fully saturated rings. The Morgan fingerprint density at radius 1 is 1.37 bits per heavy atom. The molecule has 2 rings (SSSR count). The van der Waals surface area contributed by atoms with Crippen molar-refractivity contribution < 1.29 is 9.13 Å². The van der Waals surface area contributed by atoms with E-state index < -0.39 is 0 Å². The number of halogens is 2. The Balaban J connectivity index is 0.00000364. The Kier molecular flexibility index (Phi) is 12.3. The zero-order valence-electron chi connectivity index (χ0n) is 16.4. The zero-order chi connectivity index (χ0) is 18.8. The smallest absolute Gasteiger partial charge is 0.191 e. The molecule has 0 amide bonds. The highest BCUT2D eigenvalue weighted by Crippen LogP contribution is 2.18. The quantitative estimate of drug-likeness (QED) is 0.185. The number of benzene rings is 1. The Morgan fingerprint density at radius 3 is 2.78 bits per heavy atom. The van der Waals surface area contributed by atoms with Crippen LogP contribution in [0, 0.1) is 5.82 Å². The average Bonchev–Trinajstić information content (AvgIpc) is 2.65. The van der Waals surface area contributed by atoms with Crippen molar-refractivity contribution in [3.8, 4) is 0 Å². The SMILES string of the molecule is CN=C(NCCCSc1ccc(F)cc1)NCC(C)N1CCOCC1C.I. The Bertz CT molecular complexity index is 561. The van der Waals surface area contributed by atoms with Gasteiger partial charge in [0.05, 0.1) is 13.2 Å². The van der Waals surface area contributed by atoms with Crippen molar-refractivity contribution in [2.24, 2.45) is 4.99 Å². The molecule has 1 aliphatic heterocycles. The van der Waals surface area contributed by atoms with Crippen LogP contribution in [0.15, 0.2) is 34.2 Å². The van der Waals surface area contributed by atoms with Crippen molar-refractivity contribution in [3.63, 3.8) is 0 Å². The number of hydrogen-bond acceptors (Lipinski definition) is 4. The number of ether oxygens (including phenoxy) is 1. The van der Waals surface area contributed by atoms with Crippen molar-refractivity contribution in [1.82, 2.24) is 15.5 Å². The normalized spacial score (nSPS) is 19.3. The molecule has 2 atom stereocenters. The van der Waals surface area contributed by atoms with Gasteiger partial charge in [-0.15, -0.1) is 35.7 Å². The fraction of sp³-hybridized carbons (Fsp3) is 0.632. The van der Waals surface area contributed by atoms with E-state index in [-0.39, 0.29) is 29.8 Å². The molecule has 1 heterocycles. The molecular weight excluding hydrogens is 478 g/mol. The van der Waals surface area contributed by atoms with E-state index in [9.17, 15) is 4.39 Å². The number of hydrogen-bond donors (Lipinski definition) is 2. The number of nitrogens with zero attached hydrogens (tertiary/aromatic N) is 2. The van der Waals surface area contributed by atoms with Gasteiger partial charge >= 0.3 is 0 Å². The second-order valence-corrected chi connectivity index (χ2v) is 7.71. The maximum Gasteiger partial charge on any atom is 0.191 e. The van der Waals surface area contributed by atoms with E-state index in [4.69, 9.17) is 4.74 Å². The summed E-state index contributed by atoms with van der Waals surface area (Å²) in [6, 6.07) is 7.54. The van der Waals surface area contributed by atoms with E-state index in [1.807, 2.05) is 12.1 Å². The van der Waals surface area contributed by atoms with E-state index in [2.05, 4.69) is 34.4 Å². The van der Waals surface area contributed by atoms with Crippen LogP contribution in [0.2, 0.25) is 0 Å². The molecular formula is C19H32FIN4OS. The predicted octanol–water partition coefficient (Wildman–Crippen LogP) is 3.20. The number of aliphatic imine (C=N–C) groups is 1. The summed E-state index contributed by atoms with van der Waals surface area (Å²) in [4.78, 5) is 7.87. The van der Waals surface area contributed by atoms with Gasteiger partial charge in [0.2, 0.25) is 0 Å². The minimum atomic E-state index is -0.188. The topological polar surface area (TPSA) is 48.9 Å². The Labute approximate surface area is 183 Å². The fourth-order valence-electron chi connectivity index (χ4n) is 2.98. The number of rotatable bonds is 8. The van der Waals surface area contributed by atoms with Crippen LogP contribution in [0.25, 0.3) is 0 Å². The standard InChI is InChI=1S/C19H31FN4OS.HI/c1-15(24-10-11-25-14-16(24)2)13-23-19(21-3)22-9-4-12-26-18-7-5-17(20)6-8-18;/h5-8,15-16H,4,9-14H2,1-3H3,(H2,21,22,23);1H.